The molecule has 0 bridgehead atoms. The molecule has 1 amide bonds. The minimum Gasteiger partial charge on any atom is -0.339 e. The van der Waals surface area contributed by atoms with Crippen LogP contribution in [0.4, 0.5) is 0 Å². The van der Waals surface area contributed by atoms with Crippen LogP contribution in [0.3, 0.4) is 0 Å². The summed E-state index contributed by atoms with van der Waals surface area (Å²) in [6, 6.07) is 0.647. The van der Waals surface area contributed by atoms with Crippen LogP contribution >= 0.6 is 0 Å². The number of carbonyl (C=O) groups excluding carboxylic acids is 1. The average molecular weight is 265 g/mol. The molecule has 1 atom stereocenters. The summed E-state index contributed by atoms with van der Waals surface area (Å²) in [5, 5.41) is 3.39. The summed E-state index contributed by atoms with van der Waals surface area (Å²) in [6.07, 6.45) is 5.64. The van der Waals surface area contributed by atoms with Gasteiger partial charge in [-0.3, -0.25) is 9.69 Å². The van der Waals surface area contributed by atoms with Gasteiger partial charge in [0.05, 0.1) is 5.41 Å². The molecule has 108 valence electrons. The normalized spacial score (nSPS) is 31.2. The van der Waals surface area contributed by atoms with Crippen LogP contribution in [-0.2, 0) is 4.79 Å². The van der Waals surface area contributed by atoms with E-state index in [1.165, 1.54) is 19.4 Å². The molecule has 3 aliphatic rings. The van der Waals surface area contributed by atoms with Crippen molar-refractivity contribution in [2.24, 2.45) is 5.41 Å². The highest BCUT2D eigenvalue weighted by molar-refractivity contribution is 5.83. The molecule has 1 N–H and O–H groups in total. The van der Waals surface area contributed by atoms with Crippen molar-refractivity contribution >= 4 is 5.91 Å². The number of nitrogens with one attached hydrogen (secondary N) is 1. The molecule has 0 saturated carbocycles. The van der Waals surface area contributed by atoms with Gasteiger partial charge in [0.2, 0.25) is 5.91 Å². The van der Waals surface area contributed by atoms with E-state index < -0.39 is 0 Å². The van der Waals surface area contributed by atoms with Crippen molar-refractivity contribution in [2.45, 2.75) is 45.1 Å². The first kappa shape index (κ1) is 13.4. The van der Waals surface area contributed by atoms with Crippen LogP contribution in [-0.4, -0.2) is 61.0 Å². The van der Waals surface area contributed by atoms with Gasteiger partial charge in [-0.2, -0.15) is 0 Å². The minimum absolute atomic E-state index is 0.0635. The molecule has 3 heterocycles. The van der Waals surface area contributed by atoms with E-state index in [4.69, 9.17) is 0 Å². The van der Waals surface area contributed by atoms with E-state index in [1.54, 1.807) is 0 Å². The Morgan fingerprint density at radius 3 is 2.79 bits per heavy atom. The van der Waals surface area contributed by atoms with Gasteiger partial charge in [0.15, 0.2) is 0 Å². The van der Waals surface area contributed by atoms with E-state index in [0.29, 0.717) is 11.9 Å². The molecule has 0 aromatic heterocycles. The monoisotopic (exact) mass is 265 g/mol. The second-order valence-electron chi connectivity index (χ2n) is 6.47. The van der Waals surface area contributed by atoms with Gasteiger partial charge in [-0.1, -0.05) is 6.92 Å². The zero-order chi connectivity index (χ0) is 13.3. The lowest BCUT2D eigenvalue weighted by Crippen LogP contribution is -2.57. The highest BCUT2D eigenvalue weighted by Crippen LogP contribution is 2.36. The molecule has 3 aliphatic heterocycles. The fourth-order valence-corrected chi connectivity index (χ4v) is 4.13. The van der Waals surface area contributed by atoms with Crippen LogP contribution in [0.5, 0.6) is 0 Å². The Labute approximate surface area is 116 Å². The fourth-order valence-electron chi connectivity index (χ4n) is 4.13. The number of piperidine rings is 1. The van der Waals surface area contributed by atoms with Crippen molar-refractivity contribution in [3.05, 3.63) is 0 Å². The number of fused-ring (bicyclic) bond motifs is 1. The Bertz CT molecular complexity index is 338. The topological polar surface area (TPSA) is 35.6 Å². The SMILES string of the molecule is CCC1(C(=O)N2CCN3CCCC3C2)CCNCC1. The lowest BCUT2D eigenvalue weighted by atomic mass is 9.75. The van der Waals surface area contributed by atoms with E-state index in [1.807, 2.05) is 0 Å². The quantitative estimate of drug-likeness (QED) is 0.811. The average Bonchev–Trinajstić information content (AvgIpc) is 2.94. The maximum Gasteiger partial charge on any atom is 0.228 e. The van der Waals surface area contributed by atoms with Gasteiger partial charge < -0.3 is 10.2 Å². The standard InChI is InChI=1S/C15H27N3O/c1-2-15(5-7-16-8-6-15)14(19)18-11-10-17-9-3-4-13(17)12-18/h13,16H,2-12H2,1H3. The van der Waals surface area contributed by atoms with Gasteiger partial charge in [-0.05, 0) is 51.7 Å². The number of hydrogen-bond donors (Lipinski definition) is 1. The third-order valence-electron chi connectivity index (χ3n) is 5.57. The summed E-state index contributed by atoms with van der Waals surface area (Å²) < 4.78 is 0. The molecule has 3 rings (SSSR count). The van der Waals surface area contributed by atoms with Gasteiger partial charge in [0, 0.05) is 25.7 Å². The van der Waals surface area contributed by atoms with E-state index >= 15 is 0 Å². The molecule has 3 saturated heterocycles. The first-order valence-electron chi connectivity index (χ1n) is 7.99. The molecule has 4 heteroatoms. The maximum absolute atomic E-state index is 13.0. The number of amides is 1. The molecule has 1 unspecified atom stereocenters. The molecule has 4 nitrogen and oxygen atoms in total. The summed E-state index contributed by atoms with van der Waals surface area (Å²) in [6.45, 7) is 8.46. The van der Waals surface area contributed by atoms with Crippen LogP contribution in [0.25, 0.3) is 0 Å². The van der Waals surface area contributed by atoms with Crippen LogP contribution in [0.15, 0.2) is 0 Å². The molecule has 0 spiro atoms. The minimum atomic E-state index is -0.0635. The summed E-state index contributed by atoms with van der Waals surface area (Å²) in [7, 11) is 0. The molecular formula is C15H27N3O. The Morgan fingerprint density at radius 1 is 1.26 bits per heavy atom. The number of carbonyl (C=O) groups is 1. The van der Waals surface area contributed by atoms with Crippen molar-refractivity contribution in [3.63, 3.8) is 0 Å². The first-order chi connectivity index (χ1) is 9.25. The third kappa shape index (κ3) is 2.40. The third-order valence-corrected chi connectivity index (χ3v) is 5.57. The largest absolute Gasteiger partial charge is 0.339 e. The van der Waals surface area contributed by atoms with Crippen LogP contribution in [0.2, 0.25) is 0 Å². The van der Waals surface area contributed by atoms with Gasteiger partial charge in [-0.25, -0.2) is 0 Å². The molecule has 0 aliphatic carbocycles. The molecule has 0 aromatic rings. The van der Waals surface area contributed by atoms with E-state index in [9.17, 15) is 4.79 Å². The van der Waals surface area contributed by atoms with Crippen LogP contribution in [0, 0.1) is 5.41 Å². The maximum atomic E-state index is 13.0. The van der Waals surface area contributed by atoms with Gasteiger partial charge >= 0.3 is 0 Å². The van der Waals surface area contributed by atoms with Crippen LogP contribution < -0.4 is 5.32 Å². The Balaban J connectivity index is 1.68. The van der Waals surface area contributed by atoms with Crippen molar-refractivity contribution < 1.29 is 4.79 Å². The predicted molar refractivity (Wildman–Crippen MR) is 76.0 cm³/mol. The highest BCUT2D eigenvalue weighted by Gasteiger charge is 2.42. The van der Waals surface area contributed by atoms with Gasteiger partial charge in [0.25, 0.3) is 0 Å². The molecule has 19 heavy (non-hydrogen) atoms. The lowest BCUT2D eigenvalue weighted by Gasteiger charge is -2.44. The number of hydrogen-bond acceptors (Lipinski definition) is 3. The van der Waals surface area contributed by atoms with Crippen molar-refractivity contribution in [1.82, 2.24) is 15.1 Å². The zero-order valence-corrected chi connectivity index (χ0v) is 12.2. The Kier molecular flexibility index (Phi) is 3.81. The summed E-state index contributed by atoms with van der Waals surface area (Å²) in [4.78, 5) is 17.7. The van der Waals surface area contributed by atoms with Crippen molar-refractivity contribution in [2.75, 3.05) is 39.3 Å². The summed E-state index contributed by atoms with van der Waals surface area (Å²) in [5.41, 5.74) is -0.0635. The van der Waals surface area contributed by atoms with Gasteiger partial charge in [0.1, 0.15) is 0 Å². The second-order valence-corrected chi connectivity index (χ2v) is 6.47. The summed E-state index contributed by atoms with van der Waals surface area (Å²) >= 11 is 0. The molecular weight excluding hydrogens is 238 g/mol. The Hall–Kier alpha value is -0.610. The molecule has 3 fully saturated rings. The van der Waals surface area contributed by atoms with E-state index in [2.05, 4.69) is 22.0 Å². The number of nitrogens with zero attached hydrogens (tertiary/aromatic N) is 2. The van der Waals surface area contributed by atoms with E-state index in [0.717, 1.165) is 52.0 Å². The van der Waals surface area contributed by atoms with Crippen molar-refractivity contribution in [1.29, 1.82) is 0 Å². The predicted octanol–water partition coefficient (Wildman–Crippen LogP) is 1.07. The zero-order valence-electron chi connectivity index (χ0n) is 12.2. The lowest BCUT2D eigenvalue weighted by molar-refractivity contribution is -0.146. The Morgan fingerprint density at radius 2 is 2.05 bits per heavy atom. The van der Waals surface area contributed by atoms with E-state index in [-0.39, 0.29) is 5.41 Å². The summed E-state index contributed by atoms with van der Waals surface area (Å²) in [5.74, 6) is 0.447. The van der Waals surface area contributed by atoms with Crippen LogP contribution in [0.1, 0.15) is 39.0 Å². The first-order valence-corrected chi connectivity index (χ1v) is 7.99. The molecule has 0 radical (unpaired) electrons. The highest BCUT2D eigenvalue weighted by atomic mass is 16.2. The van der Waals surface area contributed by atoms with Gasteiger partial charge in [-0.15, -0.1) is 0 Å². The fraction of sp³-hybridized carbons (Fsp3) is 0.933. The van der Waals surface area contributed by atoms with Crippen molar-refractivity contribution in [3.8, 4) is 0 Å². The second kappa shape index (κ2) is 5.41. The smallest absolute Gasteiger partial charge is 0.228 e. The number of rotatable bonds is 2. The molecule has 0 aromatic carbocycles. The number of piperazine rings is 1.